The SMILES string of the molecule is c1cc2c3c(c1)OCCCCCCCCCCOc1cccc(c1-c1ccc4c(n1)-c1nc5c(cc1CC4)CCc1ccc-3nc1-5)OCCCCCCCCCCO2. The van der Waals surface area contributed by atoms with Gasteiger partial charge in [0.1, 0.15) is 23.0 Å². The van der Waals surface area contributed by atoms with E-state index in [1.165, 1.54) is 73.6 Å². The second-order valence-corrected chi connectivity index (χ2v) is 16.7. The molecule has 0 atom stereocenters. The molecule has 0 saturated heterocycles. The Balaban J connectivity index is 1.17. The minimum Gasteiger partial charge on any atom is -0.493 e. The fourth-order valence-electron chi connectivity index (χ4n) is 9.27. The molecule has 0 radical (unpaired) electrons. The number of ether oxygens (including phenoxy) is 4. The number of pyridine rings is 3. The van der Waals surface area contributed by atoms with E-state index < -0.39 is 0 Å². The number of benzene rings is 2. The second kappa shape index (κ2) is 18.8. The molecule has 0 amide bonds. The fraction of sp³-hybridized carbons (Fsp3) is 0.471. The van der Waals surface area contributed by atoms with E-state index in [9.17, 15) is 0 Å². The molecule has 58 heavy (non-hydrogen) atoms. The third-order valence-corrected chi connectivity index (χ3v) is 12.5. The monoisotopic (exact) mass is 777 g/mol. The van der Waals surface area contributed by atoms with Gasteiger partial charge in [-0.3, -0.25) is 0 Å². The van der Waals surface area contributed by atoms with E-state index in [-0.39, 0.29) is 0 Å². The van der Waals surface area contributed by atoms with Crippen molar-refractivity contribution in [1.29, 1.82) is 0 Å². The van der Waals surface area contributed by atoms with Gasteiger partial charge in [-0.25, -0.2) is 15.0 Å². The van der Waals surface area contributed by atoms with Crippen LogP contribution in [0, 0.1) is 0 Å². The number of hydrogen-bond acceptors (Lipinski definition) is 7. The number of nitrogens with zero attached hydrogens (tertiary/aromatic N) is 3. The zero-order valence-corrected chi connectivity index (χ0v) is 34.3. The van der Waals surface area contributed by atoms with Gasteiger partial charge >= 0.3 is 0 Å². The minimum absolute atomic E-state index is 0.678. The van der Waals surface area contributed by atoms with Crippen LogP contribution in [-0.4, -0.2) is 41.4 Å². The third kappa shape index (κ3) is 8.74. The van der Waals surface area contributed by atoms with Crippen molar-refractivity contribution in [3.05, 3.63) is 89.0 Å². The fourth-order valence-corrected chi connectivity index (χ4v) is 9.27. The smallest absolute Gasteiger partial charge is 0.132 e. The molecule has 9 rings (SSSR count). The molecule has 3 aromatic heterocycles. The molecule has 7 nitrogen and oxygen atoms in total. The largest absolute Gasteiger partial charge is 0.493 e. The molecule has 2 aliphatic carbocycles. The van der Waals surface area contributed by atoms with Crippen LogP contribution in [0.5, 0.6) is 23.0 Å². The average molecular weight is 778 g/mol. The highest BCUT2D eigenvalue weighted by Gasteiger charge is 2.28. The van der Waals surface area contributed by atoms with Crippen molar-refractivity contribution in [3.63, 3.8) is 0 Å². The van der Waals surface area contributed by atoms with Gasteiger partial charge in [0.15, 0.2) is 0 Å². The van der Waals surface area contributed by atoms with E-state index in [1.54, 1.807) is 0 Å². The van der Waals surface area contributed by atoms with Gasteiger partial charge in [-0.1, -0.05) is 107 Å². The quantitative estimate of drug-likeness (QED) is 0.155. The van der Waals surface area contributed by atoms with Gasteiger partial charge in [0.25, 0.3) is 0 Å². The maximum Gasteiger partial charge on any atom is 0.132 e. The molecule has 2 aromatic carbocycles. The zero-order valence-electron chi connectivity index (χ0n) is 34.3. The lowest BCUT2D eigenvalue weighted by atomic mass is 9.86. The van der Waals surface area contributed by atoms with E-state index in [0.29, 0.717) is 26.4 Å². The Morgan fingerprint density at radius 3 is 0.983 bits per heavy atom. The zero-order chi connectivity index (χ0) is 38.9. The van der Waals surface area contributed by atoms with Crippen LogP contribution < -0.4 is 18.9 Å². The number of rotatable bonds is 0. The van der Waals surface area contributed by atoms with Crippen LogP contribution >= 0.6 is 0 Å². The first-order valence-corrected chi connectivity index (χ1v) is 22.6. The highest BCUT2D eigenvalue weighted by Crippen LogP contribution is 2.44. The van der Waals surface area contributed by atoms with E-state index in [0.717, 1.165) is 145 Å². The summed E-state index contributed by atoms with van der Waals surface area (Å²) in [5, 5.41) is 0. The molecule has 2 aliphatic heterocycles. The molecule has 302 valence electrons. The van der Waals surface area contributed by atoms with Gasteiger partial charge in [0.2, 0.25) is 0 Å². The summed E-state index contributed by atoms with van der Waals surface area (Å²) >= 11 is 0. The lowest BCUT2D eigenvalue weighted by molar-refractivity contribution is 0.289. The predicted octanol–water partition coefficient (Wildman–Crippen LogP) is 12.5. The lowest BCUT2D eigenvalue weighted by Gasteiger charge is -2.25. The lowest BCUT2D eigenvalue weighted by Crippen LogP contribution is -2.14. The van der Waals surface area contributed by atoms with Crippen LogP contribution in [0.2, 0.25) is 0 Å². The van der Waals surface area contributed by atoms with Crippen LogP contribution in [-0.2, 0) is 25.7 Å². The molecule has 5 aromatic rings. The molecule has 4 aliphatic rings. The highest BCUT2D eigenvalue weighted by atomic mass is 16.5. The van der Waals surface area contributed by atoms with Crippen molar-refractivity contribution < 1.29 is 18.9 Å². The Bertz CT molecular complexity index is 1980. The number of hydrogen-bond donors (Lipinski definition) is 0. The molecule has 0 spiro atoms. The first kappa shape index (κ1) is 38.6. The first-order chi connectivity index (χ1) is 28.8. The number of aryl methyl sites for hydroxylation is 4. The number of aromatic nitrogens is 3. The maximum atomic E-state index is 6.61. The molecule has 8 bridgehead atoms. The van der Waals surface area contributed by atoms with Crippen LogP contribution in [0.15, 0.2) is 66.7 Å². The van der Waals surface area contributed by atoms with Gasteiger partial charge in [0, 0.05) is 0 Å². The molecule has 5 heterocycles. The molecule has 0 unspecified atom stereocenters. The Hall–Kier alpha value is -4.91. The third-order valence-electron chi connectivity index (χ3n) is 12.5. The van der Waals surface area contributed by atoms with E-state index in [1.807, 2.05) is 0 Å². The Labute approximate surface area is 345 Å². The predicted molar refractivity (Wildman–Crippen MR) is 232 cm³/mol. The first-order valence-electron chi connectivity index (χ1n) is 22.6. The summed E-state index contributed by atoms with van der Waals surface area (Å²) in [4.78, 5) is 16.5. The summed E-state index contributed by atoms with van der Waals surface area (Å²) in [6, 6.07) is 23.7. The van der Waals surface area contributed by atoms with Crippen LogP contribution in [0.4, 0.5) is 0 Å². The summed E-state index contributed by atoms with van der Waals surface area (Å²) in [6.07, 6.45) is 22.4. The highest BCUT2D eigenvalue weighted by molar-refractivity contribution is 5.81. The van der Waals surface area contributed by atoms with E-state index >= 15 is 0 Å². The van der Waals surface area contributed by atoms with Crippen molar-refractivity contribution in [1.82, 2.24) is 15.0 Å². The summed E-state index contributed by atoms with van der Waals surface area (Å²) in [6.45, 7) is 2.71. The van der Waals surface area contributed by atoms with Gasteiger partial charge < -0.3 is 18.9 Å². The molecule has 7 heteroatoms. The van der Waals surface area contributed by atoms with Crippen molar-refractivity contribution in [2.24, 2.45) is 0 Å². The molecule has 0 fully saturated rings. The molecular formula is C51H59N3O4. The summed E-state index contributed by atoms with van der Waals surface area (Å²) in [7, 11) is 0. The van der Waals surface area contributed by atoms with Crippen molar-refractivity contribution in [3.8, 4) is 68.3 Å². The van der Waals surface area contributed by atoms with Crippen LogP contribution in [0.1, 0.15) is 125 Å². The maximum absolute atomic E-state index is 6.61. The van der Waals surface area contributed by atoms with Gasteiger partial charge in [0.05, 0.1) is 71.7 Å². The summed E-state index contributed by atoms with van der Waals surface area (Å²) in [5.41, 5.74) is 12.5. The minimum atomic E-state index is 0.678. The standard InChI is InChI=1S/C51H59N3O4/c1-2-6-10-14-32-56-43-20-18-22-45-47(43)41-30-28-37-24-26-39-35-38-25-23-36-27-29-40(52-48(36)50(38)54-51(39)49(37)53-41)46-42(55-31-13-9-5-1)19-17-21-44(46)57-33-15-11-7-3-4-8-12-16-34-58-45/h17-22,27-30,35H,1-16,23-26,31-34H2. The summed E-state index contributed by atoms with van der Waals surface area (Å²) in [5.74, 6) is 3.38. The van der Waals surface area contributed by atoms with Crippen LogP contribution in [0.25, 0.3) is 45.3 Å². The Morgan fingerprint density at radius 2 is 0.621 bits per heavy atom. The summed E-state index contributed by atoms with van der Waals surface area (Å²) < 4.78 is 26.5. The normalized spacial score (nSPS) is 17.9. The Morgan fingerprint density at radius 1 is 0.310 bits per heavy atom. The van der Waals surface area contributed by atoms with Crippen molar-refractivity contribution in [2.45, 2.75) is 128 Å². The molecular weight excluding hydrogens is 719 g/mol. The van der Waals surface area contributed by atoms with Gasteiger partial charge in [-0.05, 0) is 110 Å². The van der Waals surface area contributed by atoms with Gasteiger partial charge in [-0.2, -0.15) is 0 Å². The second-order valence-electron chi connectivity index (χ2n) is 16.7. The van der Waals surface area contributed by atoms with Crippen molar-refractivity contribution >= 4 is 0 Å². The van der Waals surface area contributed by atoms with E-state index in [4.69, 9.17) is 33.9 Å². The Kier molecular flexibility index (Phi) is 12.5. The average Bonchev–Trinajstić information content (AvgIpc) is 3.25. The molecule has 0 N–H and O–H groups in total. The van der Waals surface area contributed by atoms with E-state index in [2.05, 4.69) is 66.7 Å². The van der Waals surface area contributed by atoms with Gasteiger partial charge in [-0.15, -0.1) is 0 Å². The van der Waals surface area contributed by atoms with Crippen molar-refractivity contribution in [2.75, 3.05) is 26.4 Å². The van der Waals surface area contributed by atoms with Crippen LogP contribution in [0.3, 0.4) is 0 Å². The molecule has 0 saturated carbocycles. The topological polar surface area (TPSA) is 75.6 Å².